The van der Waals surface area contributed by atoms with Crippen molar-refractivity contribution in [2.24, 2.45) is 0 Å². The van der Waals surface area contributed by atoms with Crippen LogP contribution in [0.4, 0.5) is 11.6 Å². The molecule has 0 saturated carbocycles. The van der Waals surface area contributed by atoms with Gasteiger partial charge in [-0.15, -0.1) is 0 Å². The Morgan fingerprint density at radius 2 is 1.61 bits per heavy atom. The third kappa shape index (κ3) is 5.36. The molecule has 0 aliphatic carbocycles. The number of hydrogen-bond acceptors (Lipinski definition) is 8. The maximum atomic E-state index is 9.43. The molecule has 0 unspecified atom stereocenters. The molecule has 4 heterocycles. The van der Waals surface area contributed by atoms with E-state index in [0.717, 1.165) is 42.4 Å². The maximum absolute atomic E-state index is 9.43. The largest absolute Gasteiger partial charge is 0.390 e. The first-order valence-electron chi connectivity index (χ1n) is 10.9. The van der Waals surface area contributed by atoms with Crippen molar-refractivity contribution in [3.63, 3.8) is 0 Å². The van der Waals surface area contributed by atoms with Gasteiger partial charge in [0.05, 0.1) is 6.10 Å². The quantitative estimate of drug-likeness (QED) is 0.453. The molecule has 2 N–H and O–H groups in total. The molecule has 3 aromatic heterocycles. The number of aromatic nitrogens is 5. The van der Waals surface area contributed by atoms with Crippen molar-refractivity contribution >= 4 is 11.6 Å². The smallest absolute Gasteiger partial charge is 0.180 e. The number of likely N-dealkylation sites (tertiary alicyclic amines) is 1. The van der Waals surface area contributed by atoms with Crippen LogP contribution in [0.5, 0.6) is 0 Å². The monoisotopic (exact) mass is 439 g/mol. The van der Waals surface area contributed by atoms with E-state index in [1.165, 1.54) is 5.56 Å². The molecule has 0 atom stereocenters. The Kier molecular flexibility index (Phi) is 6.01. The van der Waals surface area contributed by atoms with E-state index in [9.17, 15) is 5.11 Å². The Labute approximate surface area is 192 Å². The second kappa shape index (κ2) is 9.40. The lowest BCUT2D eigenvalue weighted by Gasteiger charge is -2.35. The summed E-state index contributed by atoms with van der Waals surface area (Å²) in [6.07, 6.45) is 3.92. The van der Waals surface area contributed by atoms with Crippen molar-refractivity contribution in [2.75, 3.05) is 18.4 Å². The molecule has 0 spiro atoms. The van der Waals surface area contributed by atoms with Gasteiger partial charge >= 0.3 is 0 Å². The first kappa shape index (κ1) is 21.1. The van der Waals surface area contributed by atoms with Gasteiger partial charge in [0.15, 0.2) is 5.82 Å². The van der Waals surface area contributed by atoms with Crippen molar-refractivity contribution in [1.82, 2.24) is 29.8 Å². The average Bonchev–Trinajstić information content (AvgIpc) is 2.80. The topological polar surface area (TPSA) is 100.0 Å². The molecule has 166 valence electrons. The summed E-state index contributed by atoms with van der Waals surface area (Å²) in [4.78, 5) is 24.7. The van der Waals surface area contributed by atoms with E-state index in [2.05, 4.69) is 59.4 Å². The molecule has 0 bridgehead atoms. The highest BCUT2D eigenvalue weighted by atomic mass is 16.3. The van der Waals surface area contributed by atoms with Crippen LogP contribution in [0.1, 0.15) is 22.6 Å². The van der Waals surface area contributed by atoms with Gasteiger partial charge in [-0.3, -0.25) is 4.90 Å². The van der Waals surface area contributed by atoms with Gasteiger partial charge in [-0.05, 0) is 42.3 Å². The van der Waals surface area contributed by atoms with E-state index in [-0.39, 0.29) is 6.10 Å². The van der Waals surface area contributed by atoms with Crippen LogP contribution in [0.2, 0.25) is 0 Å². The minimum atomic E-state index is -0.171. The van der Waals surface area contributed by atoms with E-state index in [1.54, 1.807) is 18.5 Å². The molecule has 1 saturated heterocycles. The highest BCUT2D eigenvalue weighted by Gasteiger charge is 2.23. The van der Waals surface area contributed by atoms with E-state index in [4.69, 9.17) is 0 Å². The molecule has 0 amide bonds. The number of rotatable bonds is 7. The van der Waals surface area contributed by atoms with Gasteiger partial charge in [0, 0.05) is 44.1 Å². The summed E-state index contributed by atoms with van der Waals surface area (Å²) in [5, 5.41) is 12.7. The van der Waals surface area contributed by atoms with Crippen molar-refractivity contribution in [3.8, 4) is 11.5 Å². The first-order valence-corrected chi connectivity index (χ1v) is 10.9. The Bertz CT molecular complexity index is 1240. The summed E-state index contributed by atoms with van der Waals surface area (Å²) in [6, 6.07) is 17.9. The number of pyridine rings is 1. The molecule has 4 aromatic rings. The van der Waals surface area contributed by atoms with Crippen LogP contribution in [0, 0.1) is 6.92 Å². The molecular formula is C25H25N7O. The Morgan fingerprint density at radius 3 is 2.36 bits per heavy atom. The third-order valence-corrected chi connectivity index (χ3v) is 5.46. The fourth-order valence-electron chi connectivity index (χ4n) is 3.78. The normalized spacial score (nSPS) is 14.1. The van der Waals surface area contributed by atoms with E-state index in [1.807, 2.05) is 31.2 Å². The van der Waals surface area contributed by atoms with Gasteiger partial charge in [-0.25, -0.2) is 24.9 Å². The fourth-order valence-corrected chi connectivity index (χ4v) is 3.78. The summed E-state index contributed by atoms with van der Waals surface area (Å²) < 4.78 is 0. The molecule has 1 aliphatic heterocycles. The summed E-state index contributed by atoms with van der Waals surface area (Å²) >= 11 is 0. The van der Waals surface area contributed by atoms with Crippen LogP contribution in [0.25, 0.3) is 11.5 Å². The molecule has 8 nitrogen and oxygen atoms in total. The fraction of sp³-hybridized carbons (Fsp3) is 0.240. The second-order valence-corrected chi connectivity index (χ2v) is 8.25. The van der Waals surface area contributed by atoms with E-state index in [0.29, 0.717) is 23.9 Å². The van der Waals surface area contributed by atoms with Crippen LogP contribution < -0.4 is 5.32 Å². The van der Waals surface area contributed by atoms with Crippen LogP contribution in [0.3, 0.4) is 0 Å². The van der Waals surface area contributed by atoms with Crippen molar-refractivity contribution in [3.05, 3.63) is 89.6 Å². The number of nitrogens with one attached hydrogen (secondary N) is 1. The predicted molar refractivity (Wildman–Crippen MR) is 126 cm³/mol. The molecule has 5 rings (SSSR count). The van der Waals surface area contributed by atoms with E-state index < -0.39 is 0 Å². The minimum absolute atomic E-state index is 0.171. The van der Waals surface area contributed by atoms with Gasteiger partial charge in [-0.2, -0.15) is 0 Å². The van der Waals surface area contributed by atoms with Crippen LogP contribution >= 0.6 is 0 Å². The molecule has 1 aromatic carbocycles. The molecule has 8 heteroatoms. The second-order valence-electron chi connectivity index (χ2n) is 8.25. The molecule has 1 fully saturated rings. The average molecular weight is 440 g/mol. The van der Waals surface area contributed by atoms with Gasteiger partial charge < -0.3 is 10.4 Å². The van der Waals surface area contributed by atoms with E-state index >= 15 is 0 Å². The number of aliphatic hydroxyl groups is 1. The summed E-state index contributed by atoms with van der Waals surface area (Å²) in [5.74, 6) is 2.61. The minimum Gasteiger partial charge on any atom is -0.390 e. The Morgan fingerprint density at radius 1 is 0.879 bits per heavy atom. The zero-order chi connectivity index (χ0) is 22.6. The van der Waals surface area contributed by atoms with Crippen molar-refractivity contribution < 1.29 is 5.11 Å². The molecule has 1 aliphatic rings. The van der Waals surface area contributed by atoms with Crippen LogP contribution in [-0.4, -0.2) is 54.1 Å². The van der Waals surface area contributed by atoms with Gasteiger partial charge in [0.25, 0.3) is 0 Å². The maximum Gasteiger partial charge on any atom is 0.180 e. The first-order chi connectivity index (χ1) is 16.1. The lowest BCUT2D eigenvalue weighted by Crippen LogP contribution is -2.49. The van der Waals surface area contributed by atoms with Gasteiger partial charge in [0.2, 0.25) is 0 Å². The van der Waals surface area contributed by atoms with Gasteiger partial charge in [-0.1, -0.05) is 30.3 Å². The van der Waals surface area contributed by atoms with Crippen LogP contribution in [0.15, 0.2) is 67.0 Å². The lowest BCUT2D eigenvalue weighted by molar-refractivity contribution is -0.00286. The summed E-state index contributed by atoms with van der Waals surface area (Å²) in [6.45, 7) is 4.32. The van der Waals surface area contributed by atoms with Crippen molar-refractivity contribution in [2.45, 2.75) is 26.0 Å². The SMILES string of the molecule is Cc1cccc(-c2nccc(Nc3ccnc(Cc4ccc(CN5CC(O)C5)cc4)n3)n2)n1. The lowest BCUT2D eigenvalue weighted by atomic mass is 10.1. The number of aliphatic hydroxyl groups excluding tert-OH is 1. The number of anilines is 2. The summed E-state index contributed by atoms with van der Waals surface area (Å²) in [7, 11) is 0. The third-order valence-electron chi connectivity index (χ3n) is 5.46. The number of nitrogens with zero attached hydrogens (tertiary/aromatic N) is 6. The number of hydrogen-bond donors (Lipinski definition) is 2. The molecule has 33 heavy (non-hydrogen) atoms. The Balaban J connectivity index is 1.25. The standard InChI is InChI=1S/C25H25N7O/c1-17-3-2-4-21(28-17)25-27-12-10-23(31-25)29-22-9-11-26-24(30-22)13-18-5-7-19(8-6-18)14-32-15-20(33)16-32/h2-12,20,33H,13-16H2,1H3,(H,26,27,29,30,31). The zero-order valence-corrected chi connectivity index (χ0v) is 18.4. The number of β-amino-alcohol motifs (C(OH)–C–C–N with tert-alkyl or cyclic N) is 1. The van der Waals surface area contributed by atoms with Crippen LogP contribution in [-0.2, 0) is 13.0 Å². The van der Waals surface area contributed by atoms with Gasteiger partial charge in [0.1, 0.15) is 23.2 Å². The number of aryl methyl sites for hydroxylation is 1. The highest BCUT2D eigenvalue weighted by Crippen LogP contribution is 2.18. The molecular weight excluding hydrogens is 414 g/mol. The highest BCUT2D eigenvalue weighted by molar-refractivity contribution is 5.56. The predicted octanol–water partition coefficient (Wildman–Crippen LogP) is 3.15. The zero-order valence-electron chi connectivity index (χ0n) is 18.4. The Hall–Kier alpha value is -3.75. The molecule has 0 radical (unpaired) electrons. The summed E-state index contributed by atoms with van der Waals surface area (Å²) in [5.41, 5.74) is 4.04. The van der Waals surface area contributed by atoms with Crippen molar-refractivity contribution in [1.29, 1.82) is 0 Å². The number of benzene rings is 1.